The fourth-order valence-electron chi connectivity index (χ4n) is 4.45. The standard InChI is InChI=1S/C23H31N7O3S/c1-5-20(28(3)23(31)17-8-6-7-9-18(17)27-34(4,32)33)19-12-21-25-22(15(2)13-30(21)26-19)29-11-10-16(24)14-29/h6-9,12-13,16,20,27H,5,10-11,14,24H2,1-4H3/t16-,20-/m0/s1. The van der Waals surface area contributed by atoms with Crippen LogP contribution in [0.25, 0.3) is 5.65 Å². The number of nitrogens with one attached hydrogen (secondary N) is 1. The van der Waals surface area contributed by atoms with Gasteiger partial charge in [-0.1, -0.05) is 19.1 Å². The lowest BCUT2D eigenvalue weighted by Crippen LogP contribution is -2.32. The zero-order chi connectivity index (χ0) is 24.6. The second kappa shape index (κ2) is 9.22. The van der Waals surface area contributed by atoms with Crippen LogP contribution in [0.5, 0.6) is 0 Å². The van der Waals surface area contributed by atoms with Gasteiger partial charge in [0.05, 0.1) is 29.2 Å². The minimum atomic E-state index is -3.53. The number of carbonyl (C=O) groups excluding carboxylic acids is 1. The summed E-state index contributed by atoms with van der Waals surface area (Å²) >= 11 is 0. The first kappa shape index (κ1) is 24.0. The van der Waals surface area contributed by atoms with Gasteiger partial charge in [0.2, 0.25) is 10.0 Å². The third-order valence-corrected chi connectivity index (χ3v) is 6.71. The Morgan fingerprint density at radius 2 is 2.09 bits per heavy atom. The van der Waals surface area contributed by atoms with Crippen LogP contribution in [0.3, 0.4) is 0 Å². The van der Waals surface area contributed by atoms with E-state index in [0.29, 0.717) is 17.8 Å². The molecule has 11 heteroatoms. The number of amides is 1. The molecule has 2 aromatic heterocycles. The van der Waals surface area contributed by atoms with E-state index in [1.807, 2.05) is 26.1 Å². The summed E-state index contributed by atoms with van der Waals surface area (Å²) in [6.07, 6.45) is 4.57. The van der Waals surface area contributed by atoms with E-state index in [4.69, 9.17) is 15.8 Å². The molecule has 3 aromatic rings. The summed E-state index contributed by atoms with van der Waals surface area (Å²) in [7, 11) is -1.83. The molecule has 2 atom stereocenters. The molecule has 0 spiro atoms. The first-order valence-electron chi connectivity index (χ1n) is 11.3. The molecule has 182 valence electrons. The first-order valence-corrected chi connectivity index (χ1v) is 13.2. The van der Waals surface area contributed by atoms with E-state index in [2.05, 4.69) is 9.62 Å². The number of nitrogens with zero attached hydrogens (tertiary/aromatic N) is 5. The van der Waals surface area contributed by atoms with Gasteiger partial charge >= 0.3 is 0 Å². The molecular formula is C23H31N7O3S. The molecule has 0 radical (unpaired) electrons. The first-order chi connectivity index (χ1) is 16.1. The fourth-order valence-corrected chi connectivity index (χ4v) is 5.03. The van der Waals surface area contributed by atoms with Crippen LogP contribution < -0.4 is 15.4 Å². The predicted molar refractivity (Wildman–Crippen MR) is 133 cm³/mol. The molecule has 3 heterocycles. The monoisotopic (exact) mass is 485 g/mol. The van der Waals surface area contributed by atoms with Crippen LogP contribution in [0.2, 0.25) is 0 Å². The van der Waals surface area contributed by atoms with Gasteiger partial charge in [-0.15, -0.1) is 0 Å². The van der Waals surface area contributed by atoms with Crippen LogP contribution in [0.1, 0.15) is 47.4 Å². The topological polar surface area (TPSA) is 126 Å². The van der Waals surface area contributed by atoms with Crippen molar-refractivity contribution in [1.29, 1.82) is 0 Å². The molecule has 4 rings (SSSR count). The Morgan fingerprint density at radius 3 is 2.74 bits per heavy atom. The number of sulfonamides is 1. The maximum absolute atomic E-state index is 13.4. The van der Waals surface area contributed by atoms with Crippen molar-refractivity contribution in [3.8, 4) is 0 Å². The molecular weight excluding hydrogens is 454 g/mol. The zero-order valence-corrected chi connectivity index (χ0v) is 20.7. The molecule has 0 bridgehead atoms. The normalized spacial score (nSPS) is 17.2. The fraction of sp³-hybridized carbons (Fsp3) is 0.435. The van der Waals surface area contributed by atoms with Crippen LogP contribution in [0, 0.1) is 6.92 Å². The van der Waals surface area contributed by atoms with E-state index in [-0.39, 0.29) is 29.2 Å². The molecule has 1 saturated heterocycles. The highest BCUT2D eigenvalue weighted by Crippen LogP contribution is 2.28. The minimum Gasteiger partial charge on any atom is -0.355 e. The van der Waals surface area contributed by atoms with Crippen LogP contribution in [-0.2, 0) is 10.0 Å². The molecule has 1 fully saturated rings. The van der Waals surface area contributed by atoms with Gasteiger partial charge in [0.25, 0.3) is 5.91 Å². The molecule has 10 nitrogen and oxygen atoms in total. The summed E-state index contributed by atoms with van der Waals surface area (Å²) < 4.78 is 27.7. The molecule has 3 N–H and O–H groups in total. The van der Waals surface area contributed by atoms with E-state index < -0.39 is 10.0 Å². The maximum Gasteiger partial charge on any atom is 0.256 e. The van der Waals surface area contributed by atoms with Crippen molar-refractivity contribution in [2.45, 2.75) is 38.8 Å². The Bertz CT molecular complexity index is 1320. The van der Waals surface area contributed by atoms with Crippen molar-refractivity contribution in [3.63, 3.8) is 0 Å². The number of aryl methyl sites for hydroxylation is 1. The van der Waals surface area contributed by atoms with Crippen LogP contribution >= 0.6 is 0 Å². The summed E-state index contributed by atoms with van der Waals surface area (Å²) in [6.45, 7) is 5.64. The Balaban J connectivity index is 1.64. The average Bonchev–Trinajstić information content (AvgIpc) is 3.38. The van der Waals surface area contributed by atoms with E-state index in [0.717, 1.165) is 37.1 Å². The van der Waals surface area contributed by atoms with Crippen LogP contribution in [0.4, 0.5) is 11.5 Å². The van der Waals surface area contributed by atoms with Gasteiger partial charge in [-0.25, -0.2) is 17.9 Å². The number of anilines is 2. The summed E-state index contributed by atoms with van der Waals surface area (Å²) in [5.74, 6) is 0.608. The number of hydrogen-bond donors (Lipinski definition) is 2. The van der Waals surface area contributed by atoms with Crippen LogP contribution in [-0.4, -0.2) is 66.3 Å². The molecule has 1 aromatic carbocycles. The lowest BCUT2D eigenvalue weighted by molar-refractivity contribution is 0.0723. The quantitative estimate of drug-likeness (QED) is 0.525. The largest absolute Gasteiger partial charge is 0.355 e. The summed E-state index contributed by atoms with van der Waals surface area (Å²) in [4.78, 5) is 22.0. The van der Waals surface area contributed by atoms with Crippen LogP contribution in [0.15, 0.2) is 36.5 Å². The molecule has 0 saturated carbocycles. The van der Waals surface area contributed by atoms with Crippen molar-refractivity contribution in [3.05, 3.63) is 53.3 Å². The van der Waals surface area contributed by atoms with Gasteiger partial charge < -0.3 is 15.5 Å². The van der Waals surface area contributed by atoms with E-state index in [9.17, 15) is 13.2 Å². The van der Waals surface area contributed by atoms with Gasteiger partial charge in [0.15, 0.2) is 5.65 Å². The highest BCUT2D eigenvalue weighted by atomic mass is 32.2. The third kappa shape index (κ3) is 4.85. The molecule has 1 aliphatic heterocycles. The second-order valence-corrected chi connectivity index (χ2v) is 10.6. The summed E-state index contributed by atoms with van der Waals surface area (Å²) in [6, 6.07) is 8.32. The van der Waals surface area contributed by atoms with Gasteiger partial charge in [-0.05, 0) is 31.9 Å². The third-order valence-electron chi connectivity index (χ3n) is 6.12. The van der Waals surface area contributed by atoms with Crippen molar-refractivity contribution in [2.24, 2.45) is 5.73 Å². The van der Waals surface area contributed by atoms with Crippen molar-refractivity contribution in [2.75, 3.05) is 36.0 Å². The molecule has 0 aliphatic carbocycles. The van der Waals surface area contributed by atoms with Crippen molar-refractivity contribution in [1.82, 2.24) is 19.5 Å². The van der Waals surface area contributed by atoms with Gasteiger partial charge in [-0.2, -0.15) is 5.10 Å². The predicted octanol–water partition coefficient (Wildman–Crippen LogP) is 2.17. The number of hydrogen-bond acceptors (Lipinski definition) is 7. The van der Waals surface area contributed by atoms with Crippen molar-refractivity contribution >= 4 is 33.1 Å². The molecule has 0 unspecified atom stereocenters. The number of carbonyl (C=O) groups is 1. The van der Waals surface area contributed by atoms with E-state index >= 15 is 0 Å². The Morgan fingerprint density at radius 1 is 1.35 bits per heavy atom. The number of nitrogens with two attached hydrogens (primary N) is 1. The molecule has 1 amide bonds. The van der Waals surface area contributed by atoms with Gasteiger partial charge in [-0.3, -0.25) is 9.52 Å². The second-order valence-electron chi connectivity index (χ2n) is 8.87. The zero-order valence-electron chi connectivity index (χ0n) is 19.9. The number of fused-ring (bicyclic) bond motifs is 1. The van der Waals surface area contributed by atoms with Gasteiger partial charge in [0, 0.05) is 44.0 Å². The maximum atomic E-state index is 13.4. The highest BCUT2D eigenvalue weighted by Gasteiger charge is 2.27. The highest BCUT2D eigenvalue weighted by molar-refractivity contribution is 7.92. The smallest absolute Gasteiger partial charge is 0.256 e. The molecule has 34 heavy (non-hydrogen) atoms. The minimum absolute atomic E-state index is 0.155. The lowest BCUT2D eigenvalue weighted by Gasteiger charge is -2.26. The number of para-hydroxylation sites is 1. The Labute approximate surface area is 199 Å². The van der Waals surface area contributed by atoms with Gasteiger partial charge in [0.1, 0.15) is 5.82 Å². The SMILES string of the molecule is CC[C@@H](c1cc2nc(N3CC[C@H](N)C3)c(C)cn2n1)N(C)C(=O)c1ccccc1NS(C)(=O)=O. The average molecular weight is 486 g/mol. The Kier molecular flexibility index (Phi) is 6.50. The molecule has 1 aliphatic rings. The summed E-state index contributed by atoms with van der Waals surface area (Å²) in [5, 5.41) is 4.71. The number of rotatable bonds is 7. The summed E-state index contributed by atoms with van der Waals surface area (Å²) in [5.41, 5.74) is 9.03. The van der Waals surface area contributed by atoms with E-state index in [1.54, 1.807) is 40.7 Å². The van der Waals surface area contributed by atoms with E-state index in [1.165, 1.54) is 0 Å². The Hall–Kier alpha value is -3.18. The van der Waals surface area contributed by atoms with Crippen molar-refractivity contribution < 1.29 is 13.2 Å². The number of benzene rings is 1. The lowest BCUT2D eigenvalue weighted by atomic mass is 10.1. The number of aromatic nitrogens is 3.